The Bertz CT molecular complexity index is 1360. The molecule has 36 heavy (non-hydrogen) atoms. The van der Waals surface area contributed by atoms with Gasteiger partial charge in [0, 0.05) is 30.6 Å². The van der Waals surface area contributed by atoms with E-state index in [9.17, 15) is 27.6 Å². The maximum absolute atomic E-state index is 14.6. The molecule has 1 fully saturated rings. The zero-order valence-corrected chi connectivity index (χ0v) is 19.9. The molecule has 2 aromatic carbocycles. The first kappa shape index (κ1) is 25.2. The lowest BCUT2D eigenvalue weighted by Crippen LogP contribution is -2.54. The van der Waals surface area contributed by atoms with Crippen LogP contribution in [-0.4, -0.2) is 58.0 Å². The molecule has 0 spiro atoms. The summed E-state index contributed by atoms with van der Waals surface area (Å²) in [5, 5.41) is 6.47. The van der Waals surface area contributed by atoms with Gasteiger partial charge in [0.05, 0.1) is 17.8 Å². The fraction of sp³-hybridized carbons (Fsp3) is 0.308. The Hall–Kier alpha value is -3.95. The zero-order valence-electron chi connectivity index (χ0n) is 19.9. The molecular formula is C26H25F3N4O3. The molecule has 0 saturated carbocycles. The maximum atomic E-state index is 14.6. The van der Waals surface area contributed by atoms with Crippen molar-refractivity contribution in [1.29, 1.82) is 0 Å². The number of hydrogen-bond donors (Lipinski definition) is 1. The second-order valence-electron chi connectivity index (χ2n) is 8.85. The Morgan fingerprint density at radius 3 is 2.47 bits per heavy atom. The Morgan fingerprint density at radius 1 is 1.06 bits per heavy atom. The number of piperazine rings is 1. The number of alkyl halides is 2. The predicted molar refractivity (Wildman–Crippen MR) is 126 cm³/mol. The van der Waals surface area contributed by atoms with Crippen molar-refractivity contribution in [2.75, 3.05) is 26.2 Å². The summed E-state index contributed by atoms with van der Waals surface area (Å²) in [7, 11) is 0. The van der Waals surface area contributed by atoms with Crippen LogP contribution in [0.4, 0.5) is 13.2 Å². The monoisotopic (exact) mass is 498 g/mol. The van der Waals surface area contributed by atoms with E-state index in [0.29, 0.717) is 22.4 Å². The Balaban J connectivity index is 1.46. The minimum Gasteiger partial charge on any atom is -0.333 e. The molecule has 7 nitrogen and oxygen atoms in total. The van der Waals surface area contributed by atoms with Crippen LogP contribution >= 0.6 is 0 Å². The van der Waals surface area contributed by atoms with Crippen LogP contribution in [-0.2, 0) is 17.1 Å². The van der Waals surface area contributed by atoms with Crippen LogP contribution in [0.25, 0.3) is 0 Å². The van der Waals surface area contributed by atoms with Crippen molar-refractivity contribution in [3.05, 3.63) is 98.2 Å². The summed E-state index contributed by atoms with van der Waals surface area (Å²) in [4.78, 5) is 39.6. The third-order valence-corrected chi connectivity index (χ3v) is 6.45. The van der Waals surface area contributed by atoms with Crippen LogP contribution in [0.2, 0.25) is 0 Å². The van der Waals surface area contributed by atoms with Crippen LogP contribution in [0.3, 0.4) is 0 Å². The van der Waals surface area contributed by atoms with Gasteiger partial charge in [-0.05, 0) is 37.1 Å². The molecule has 0 bridgehead atoms. The number of hydrogen-bond acceptors (Lipinski definition) is 4. The number of aromatic amines is 1. The highest BCUT2D eigenvalue weighted by molar-refractivity contribution is 5.97. The van der Waals surface area contributed by atoms with Gasteiger partial charge >= 0.3 is 0 Å². The first-order valence-corrected chi connectivity index (χ1v) is 11.4. The van der Waals surface area contributed by atoms with Gasteiger partial charge in [0.2, 0.25) is 5.91 Å². The summed E-state index contributed by atoms with van der Waals surface area (Å²) in [6.45, 7) is 2.12. The maximum Gasteiger partial charge on any atom is 0.290 e. The van der Waals surface area contributed by atoms with Gasteiger partial charge in [-0.1, -0.05) is 36.4 Å². The van der Waals surface area contributed by atoms with Crippen molar-refractivity contribution in [1.82, 2.24) is 20.0 Å². The van der Waals surface area contributed by atoms with Crippen LogP contribution in [0.1, 0.15) is 38.3 Å². The number of amides is 2. The third-order valence-electron chi connectivity index (χ3n) is 6.45. The fourth-order valence-corrected chi connectivity index (χ4v) is 4.12. The van der Waals surface area contributed by atoms with E-state index in [1.54, 1.807) is 19.9 Å². The third kappa shape index (κ3) is 5.17. The van der Waals surface area contributed by atoms with Gasteiger partial charge in [0.1, 0.15) is 12.4 Å². The molecule has 0 unspecified atom stereocenters. The van der Waals surface area contributed by atoms with Gasteiger partial charge in [0.15, 0.2) is 0 Å². The van der Waals surface area contributed by atoms with E-state index in [0.717, 1.165) is 15.9 Å². The molecule has 1 saturated heterocycles. The molecule has 1 aromatic heterocycles. The SMILES string of the molecule is Cc1c(Cc2ccc(F)c(C(=O)N3CCN(CC(F)(F)c4ccccc4)C(=O)C3)c2)n[nH]c(=O)c1C. The summed E-state index contributed by atoms with van der Waals surface area (Å²) in [5.41, 5.74) is 1.68. The molecule has 1 aliphatic heterocycles. The highest BCUT2D eigenvalue weighted by atomic mass is 19.3. The van der Waals surface area contributed by atoms with E-state index in [-0.39, 0.29) is 36.2 Å². The van der Waals surface area contributed by atoms with Crippen LogP contribution in [0.15, 0.2) is 53.3 Å². The van der Waals surface area contributed by atoms with E-state index >= 15 is 0 Å². The molecule has 188 valence electrons. The quantitative estimate of drug-likeness (QED) is 0.566. The normalized spacial score (nSPS) is 14.3. The smallest absolute Gasteiger partial charge is 0.290 e. The topological polar surface area (TPSA) is 86.4 Å². The largest absolute Gasteiger partial charge is 0.333 e. The number of carbonyl (C=O) groups is 2. The van der Waals surface area contributed by atoms with Crippen molar-refractivity contribution in [3.63, 3.8) is 0 Å². The van der Waals surface area contributed by atoms with Crippen LogP contribution < -0.4 is 5.56 Å². The molecule has 10 heteroatoms. The fourth-order valence-electron chi connectivity index (χ4n) is 4.12. The number of nitrogens with zero attached hydrogens (tertiary/aromatic N) is 3. The molecule has 1 aliphatic rings. The van der Waals surface area contributed by atoms with Crippen LogP contribution in [0.5, 0.6) is 0 Å². The number of benzene rings is 2. The lowest BCUT2D eigenvalue weighted by Gasteiger charge is -2.36. The Labute approximate surface area is 205 Å². The van der Waals surface area contributed by atoms with Crippen molar-refractivity contribution >= 4 is 11.8 Å². The number of nitrogens with one attached hydrogen (secondary N) is 1. The average molecular weight is 499 g/mol. The number of rotatable bonds is 6. The molecule has 0 atom stereocenters. The highest BCUT2D eigenvalue weighted by Crippen LogP contribution is 2.29. The first-order valence-electron chi connectivity index (χ1n) is 11.4. The van der Waals surface area contributed by atoms with E-state index in [4.69, 9.17) is 0 Å². The lowest BCUT2D eigenvalue weighted by molar-refractivity contribution is -0.141. The van der Waals surface area contributed by atoms with E-state index in [1.807, 2.05) is 0 Å². The number of aromatic nitrogens is 2. The molecule has 0 radical (unpaired) electrons. The zero-order chi connectivity index (χ0) is 26.0. The predicted octanol–water partition coefficient (Wildman–Crippen LogP) is 3.19. The van der Waals surface area contributed by atoms with Gasteiger partial charge in [-0.3, -0.25) is 14.4 Å². The molecule has 2 heterocycles. The molecule has 0 aliphatic carbocycles. The minimum absolute atomic E-state index is 0.00110. The van der Waals surface area contributed by atoms with Gasteiger partial charge in [0.25, 0.3) is 17.4 Å². The van der Waals surface area contributed by atoms with Crippen LogP contribution in [0, 0.1) is 19.7 Å². The van der Waals surface area contributed by atoms with E-state index < -0.39 is 36.6 Å². The van der Waals surface area contributed by atoms with Gasteiger partial charge < -0.3 is 9.80 Å². The molecule has 2 amide bonds. The van der Waals surface area contributed by atoms with E-state index in [2.05, 4.69) is 10.2 Å². The van der Waals surface area contributed by atoms with Crippen molar-refractivity contribution < 1.29 is 22.8 Å². The minimum atomic E-state index is -3.24. The van der Waals surface area contributed by atoms with Crippen molar-refractivity contribution in [3.8, 4) is 0 Å². The summed E-state index contributed by atoms with van der Waals surface area (Å²) in [6.07, 6.45) is 0.255. The Kier molecular flexibility index (Phi) is 6.96. The van der Waals surface area contributed by atoms with Crippen molar-refractivity contribution in [2.24, 2.45) is 0 Å². The molecular weight excluding hydrogens is 473 g/mol. The number of halogens is 3. The lowest BCUT2D eigenvalue weighted by atomic mass is 10.0. The summed E-state index contributed by atoms with van der Waals surface area (Å²) in [5.74, 6) is -5.32. The molecule has 3 aromatic rings. The Morgan fingerprint density at radius 2 is 1.78 bits per heavy atom. The van der Waals surface area contributed by atoms with Gasteiger partial charge in [-0.15, -0.1) is 0 Å². The molecule has 1 N–H and O–H groups in total. The number of H-pyrrole nitrogens is 1. The second-order valence-corrected chi connectivity index (χ2v) is 8.85. The summed E-state index contributed by atoms with van der Waals surface area (Å²) >= 11 is 0. The number of carbonyl (C=O) groups excluding carboxylic acids is 2. The van der Waals surface area contributed by atoms with E-state index in [1.165, 1.54) is 36.4 Å². The van der Waals surface area contributed by atoms with Crippen molar-refractivity contribution in [2.45, 2.75) is 26.2 Å². The second kappa shape index (κ2) is 9.96. The standard InChI is InChI=1S/C26H25F3N4O3/c1-16-17(2)24(35)31-30-22(16)13-18-8-9-21(27)20(12-18)25(36)32-10-11-33(23(34)14-32)15-26(28,29)19-6-4-3-5-7-19/h3-9,12H,10-11,13-15H2,1-2H3,(H,31,35). The summed E-state index contributed by atoms with van der Waals surface area (Å²) < 4.78 is 43.9. The highest BCUT2D eigenvalue weighted by Gasteiger charge is 2.38. The first-order chi connectivity index (χ1) is 17.1. The van der Waals surface area contributed by atoms with Gasteiger partial charge in [-0.2, -0.15) is 13.9 Å². The van der Waals surface area contributed by atoms with Gasteiger partial charge in [-0.25, -0.2) is 9.49 Å². The molecule has 4 rings (SSSR count). The average Bonchev–Trinajstić information content (AvgIpc) is 2.86. The summed E-state index contributed by atoms with van der Waals surface area (Å²) in [6, 6.07) is 11.3.